The molecule has 1 amide bonds. The normalized spacial score (nSPS) is 11.3. The Bertz CT molecular complexity index is 1130. The molecule has 3 aromatic carbocycles. The van der Waals surface area contributed by atoms with E-state index in [0.29, 0.717) is 17.0 Å². The number of methoxy groups -OCH3 is 1. The summed E-state index contributed by atoms with van der Waals surface area (Å²) < 4.78 is 45.0. The van der Waals surface area contributed by atoms with E-state index in [1.807, 2.05) is 0 Å². The van der Waals surface area contributed by atoms with Gasteiger partial charge in [-0.2, -0.15) is 4.31 Å². The average molecular weight is 428 g/mol. The van der Waals surface area contributed by atoms with E-state index in [9.17, 15) is 17.6 Å². The van der Waals surface area contributed by atoms with Crippen LogP contribution in [-0.4, -0.2) is 32.8 Å². The summed E-state index contributed by atoms with van der Waals surface area (Å²) in [6.07, 6.45) is 0. The number of ether oxygens (including phenoxy) is 1. The third-order valence-electron chi connectivity index (χ3n) is 4.47. The van der Waals surface area contributed by atoms with Crippen molar-refractivity contribution < 1.29 is 22.3 Å². The minimum Gasteiger partial charge on any atom is -0.497 e. The first-order valence-electron chi connectivity index (χ1n) is 9.06. The molecular formula is C22H21FN2O4S. The SMILES string of the molecule is COc1ccc(S(=O)(=O)N(C)Cc2ccc(C(=O)Nc3cccc(F)c3)cc2)cc1. The molecule has 0 saturated heterocycles. The minimum absolute atomic E-state index is 0.139. The molecule has 0 heterocycles. The molecule has 0 bridgehead atoms. The van der Waals surface area contributed by atoms with Crippen LogP contribution in [-0.2, 0) is 16.6 Å². The van der Waals surface area contributed by atoms with E-state index in [0.717, 1.165) is 5.56 Å². The van der Waals surface area contributed by atoms with Crippen LogP contribution in [0.3, 0.4) is 0 Å². The fourth-order valence-corrected chi connectivity index (χ4v) is 3.96. The second-order valence-electron chi connectivity index (χ2n) is 6.60. The van der Waals surface area contributed by atoms with Crippen LogP contribution in [0.2, 0.25) is 0 Å². The first-order valence-corrected chi connectivity index (χ1v) is 10.5. The van der Waals surface area contributed by atoms with Gasteiger partial charge in [0.15, 0.2) is 0 Å². The summed E-state index contributed by atoms with van der Waals surface area (Å²) in [7, 11) is -0.669. The highest BCUT2D eigenvalue weighted by Crippen LogP contribution is 2.20. The molecule has 6 nitrogen and oxygen atoms in total. The van der Waals surface area contributed by atoms with Crippen LogP contribution in [0.5, 0.6) is 5.75 Å². The van der Waals surface area contributed by atoms with E-state index in [1.165, 1.54) is 48.8 Å². The molecule has 0 saturated carbocycles. The van der Waals surface area contributed by atoms with Gasteiger partial charge in [0.25, 0.3) is 5.91 Å². The molecule has 3 rings (SSSR count). The fourth-order valence-electron chi connectivity index (χ4n) is 2.80. The van der Waals surface area contributed by atoms with Gasteiger partial charge in [0.05, 0.1) is 12.0 Å². The van der Waals surface area contributed by atoms with Crippen molar-refractivity contribution in [1.29, 1.82) is 0 Å². The van der Waals surface area contributed by atoms with Gasteiger partial charge in [0.1, 0.15) is 11.6 Å². The molecule has 0 fully saturated rings. The van der Waals surface area contributed by atoms with Crippen LogP contribution >= 0.6 is 0 Å². The summed E-state index contributed by atoms with van der Waals surface area (Å²) in [5, 5.41) is 2.62. The van der Waals surface area contributed by atoms with Crippen molar-refractivity contribution >= 4 is 21.6 Å². The van der Waals surface area contributed by atoms with Crippen LogP contribution in [0.15, 0.2) is 77.7 Å². The third-order valence-corrected chi connectivity index (χ3v) is 6.29. The lowest BCUT2D eigenvalue weighted by Gasteiger charge is -2.17. The zero-order chi connectivity index (χ0) is 21.7. The Balaban J connectivity index is 1.67. The lowest BCUT2D eigenvalue weighted by molar-refractivity contribution is 0.102. The van der Waals surface area contributed by atoms with E-state index in [4.69, 9.17) is 4.74 Å². The van der Waals surface area contributed by atoms with Crippen molar-refractivity contribution in [3.63, 3.8) is 0 Å². The lowest BCUT2D eigenvalue weighted by atomic mass is 10.1. The topological polar surface area (TPSA) is 75.7 Å². The molecule has 0 spiro atoms. The highest BCUT2D eigenvalue weighted by Gasteiger charge is 2.21. The van der Waals surface area contributed by atoms with Crippen molar-refractivity contribution in [2.45, 2.75) is 11.4 Å². The summed E-state index contributed by atoms with van der Waals surface area (Å²) in [5.41, 5.74) is 1.45. The number of carbonyl (C=O) groups excluding carboxylic acids is 1. The molecule has 0 atom stereocenters. The molecule has 0 aliphatic carbocycles. The van der Waals surface area contributed by atoms with E-state index in [1.54, 1.807) is 42.5 Å². The monoisotopic (exact) mass is 428 g/mol. The van der Waals surface area contributed by atoms with Crippen molar-refractivity contribution in [2.24, 2.45) is 0 Å². The molecule has 0 aliphatic heterocycles. The summed E-state index contributed by atoms with van der Waals surface area (Å²) in [4.78, 5) is 12.5. The van der Waals surface area contributed by atoms with Gasteiger partial charge in [-0.25, -0.2) is 12.8 Å². The lowest BCUT2D eigenvalue weighted by Crippen LogP contribution is -2.26. The number of rotatable bonds is 7. The molecule has 156 valence electrons. The van der Waals surface area contributed by atoms with Gasteiger partial charge in [-0.1, -0.05) is 18.2 Å². The Morgan fingerprint density at radius 2 is 1.70 bits per heavy atom. The van der Waals surface area contributed by atoms with Gasteiger partial charge < -0.3 is 10.1 Å². The molecular weight excluding hydrogens is 407 g/mol. The van der Waals surface area contributed by atoms with Gasteiger partial charge in [-0.05, 0) is 60.2 Å². The average Bonchev–Trinajstić information content (AvgIpc) is 2.74. The van der Waals surface area contributed by atoms with Crippen LogP contribution in [0.1, 0.15) is 15.9 Å². The van der Waals surface area contributed by atoms with Crippen LogP contribution in [0.4, 0.5) is 10.1 Å². The van der Waals surface area contributed by atoms with E-state index >= 15 is 0 Å². The summed E-state index contributed by atoms with van der Waals surface area (Å²) in [5.74, 6) is -0.251. The maximum Gasteiger partial charge on any atom is 0.255 e. The number of halogens is 1. The Labute approximate surface area is 175 Å². The predicted octanol–water partition coefficient (Wildman–Crippen LogP) is 3.91. The maximum absolute atomic E-state index is 13.2. The van der Waals surface area contributed by atoms with Gasteiger partial charge in [0.2, 0.25) is 10.0 Å². The number of hydrogen-bond acceptors (Lipinski definition) is 4. The van der Waals surface area contributed by atoms with Gasteiger partial charge in [0, 0.05) is 24.8 Å². The van der Waals surface area contributed by atoms with Crippen molar-refractivity contribution in [2.75, 3.05) is 19.5 Å². The second-order valence-corrected chi connectivity index (χ2v) is 8.64. The Hall–Kier alpha value is -3.23. The molecule has 0 unspecified atom stereocenters. The quantitative estimate of drug-likeness (QED) is 0.619. The van der Waals surface area contributed by atoms with Crippen LogP contribution < -0.4 is 10.1 Å². The number of amides is 1. The number of carbonyl (C=O) groups is 1. The highest BCUT2D eigenvalue weighted by atomic mass is 32.2. The van der Waals surface area contributed by atoms with E-state index < -0.39 is 15.8 Å². The number of benzene rings is 3. The van der Waals surface area contributed by atoms with Crippen molar-refractivity contribution in [1.82, 2.24) is 4.31 Å². The Morgan fingerprint density at radius 1 is 1.03 bits per heavy atom. The first kappa shape index (κ1) is 21.5. The molecule has 0 aliphatic rings. The van der Waals surface area contributed by atoms with Gasteiger partial charge in [-0.15, -0.1) is 0 Å². The highest BCUT2D eigenvalue weighted by molar-refractivity contribution is 7.89. The summed E-state index contributed by atoms with van der Waals surface area (Å²) in [6, 6.07) is 18.3. The molecule has 0 aromatic heterocycles. The standard InChI is InChI=1S/C22H21FN2O4S/c1-25(30(27,28)21-12-10-20(29-2)11-13-21)15-16-6-8-17(9-7-16)22(26)24-19-5-3-4-18(23)14-19/h3-14H,15H2,1-2H3,(H,24,26). The first-order chi connectivity index (χ1) is 14.3. The zero-order valence-electron chi connectivity index (χ0n) is 16.5. The molecule has 30 heavy (non-hydrogen) atoms. The Morgan fingerprint density at radius 3 is 2.30 bits per heavy atom. The van der Waals surface area contributed by atoms with Gasteiger partial charge in [-0.3, -0.25) is 4.79 Å². The summed E-state index contributed by atoms with van der Waals surface area (Å²) >= 11 is 0. The second kappa shape index (κ2) is 9.06. The minimum atomic E-state index is -3.67. The van der Waals surface area contributed by atoms with Gasteiger partial charge >= 0.3 is 0 Å². The zero-order valence-corrected chi connectivity index (χ0v) is 17.3. The Kier molecular flexibility index (Phi) is 6.49. The number of hydrogen-bond donors (Lipinski definition) is 1. The molecule has 8 heteroatoms. The smallest absolute Gasteiger partial charge is 0.255 e. The van der Waals surface area contributed by atoms with Crippen molar-refractivity contribution in [3.05, 3.63) is 89.7 Å². The summed E-state index contributed by atoms with van der Waals surface area (Å²) in [6.45, 7) is 0.139. The fraction of sp³-hybridized carbons (Fsp3) is 0.136. The van der Waals surface area contributed by atoms with E-state index in [2.05, 4.69) is 5.32 Å². The molecule has 3 aromatic rings. The maximum atomic E-state index is 13.2. The largest absolute Gasteiger partial charge is 0.497 e. The molecule has 1 N–H and O–H groups in total. The predicted molar refractivity (Wildman–Crippen MR) is 112 cm³/mol. The van der Waals surface area contributed by atoms with Crippen molar-refractivity contribution in [3.8, 4) is 5.75 Å². The van der Waals surface area contributed by atoms with Crippen LogP contribution in [0, 0.1) is 5.82 Å². The molecule has 0 radical (unpaired) electrons. The number of nitrogens with one attached hydrogen (secondary N) is 1. The van der Waals surface area contributed by atoms with E-state index in [-0.39, 0.29) is 17.3 Å². The number of nitrogens with zero attached hydrogens (tertiary/aromatic N) is 1. The van der Waals surface area contributed by atoms with Crippen LogP contribution in [0.25, 0.3) is 0 Å². The third kappa shape index (κ3) is 5.03. The number of sulfonamides is 1. The number of anilines is 1.